The van der Waals surface area contributed by atoms with Gasteiger partial charge in [0.2, 0.25) is 5.89 Å². The Labute approximate surface area is 285 Å². The van der Waals surface area contributed by atoms with Crippen LogP contribution in [0, 0.1) is 22.7 Å². The van der Waals surface area contributed by atoms with Gasteiger partial charge in [0.25, 0.3) is 0 Å². The molecule has 6 aromatic carbocycles. The molecule has 4 nitrogen and oxygen atoms in total. The van der Waals surface area contributed by atoms with Crippen molar-refractivity contribution in [3.05, 3.63) is 181 Å². The topological polar surface area (TPSA) is 73.6 Å². The molecule has 1 aliphatic carbocycles. The quantitative estimate of drug-likeness (QED) is 0.184. The Bertz CT molecular complexity index is 2440. The van der Waals surface area contributed by atoms with E-state index in [1.165, 1.54) is 0 Å². The average molecular weight is 628 g/mol. The molecule has 0 amide bonds. The number of hydrogen-bond acceptors (Lipinski definition) is 4. The summed E-state index contributed by atoms with van der Waals surface area (Å²) in [6.07, 6.45) is 6.85. The number of nitrogens with zero attached hydrogens (tertiary/aromatic N) is 3. The van der Waals surface area contributed by atoms with Gasteiger partial charge in [0.15, 0.2) is 5.58 Å². The van der Waals surface area contributed by atoms with Crippen molar-refractivity contribution >= 4 is 16.7 Å². The summed E-state index contributed by atoms with van der Waals surface area (Å²) in [5.41, 5.74) is 11.9. The number of hydrogen-bond donors (Lipinski definition) is 0. The maximum Gasteiger partial charge on any atom is 0.227 e. The standard InChI is InChI=1S/C45H29N3O/c46-29-31-11-13-32(14-12-31)33-15-17-35(18-16-33)39-27-41(37-7-3-1-4-8-37)43-42(28-39)49-44(48-43)38-21-19-34(20-22-38)36-23-25-45(30-47,26-24-36)40-9-5-2-6-10-40/h1-25,27-28H,26H2. The normalized spacial score (nSPS) is 15.3. The lowest BCUT2D eigenvalue weighted by Crippen LogP contribution is -2.22. The van der Waals surface area contributed by atoms with Crippen molar-refractivity contribution in [2.45, 2.75) is 11.8 Å². The van der Waals surface area contributed by atoms with E-state index in [0.717, 1.165) is 66.7 Å². The molecule has 0 saturated carbocycles. The molecule has 0 aliphatic heterocycles. The Kier molecular flexibility index (Phi) is 7.53. The highest BCUT2D eigenvalue weighted by Crippen LogP contribution is 2.39. The van der Waals surface area contributed by atoms with Crippen LogP contribution in [0.1, 0.15) is 23.1 Å². The monoisotopic (exact) mass is 627 g/mol. The van der Waals surface area contributed by atoms with Gasteiger partial charge in [0.05, 0.1) is 17.7 Å². The van der Waals surface area contributed by atoms with Crippen LogP contribution in [0.5, 0.6) is 0 Å². The largest absolute Gasteiger partial charge is 0.436 e. The molecule has 1 aromatic heterocycles. The van der Waals surface area contributed by atoms with Crippen molar-refractivity contribution in [2.24, 2.45) is 0 Å². The Morgan fingerprint density at radius 3 is 1.80 bits per heavy atom. The van der Waals surface area contributed by atoms with Gasteiger partial charge in [-0.15, -0.1) is 0 Å². The molecule has 0 radical (unpaired) electrons. The lowest BCUT2D eigenvalue weighted by atomic mass is 9.75. The van der Waals surface area contributed by atoms with Gasteiger partial charge in [-0.2, -0.15) is 10.5 Å². The number of fused-ring (bicyclic) bond motifs is 1. The second kappa shape index (κ2) is 12.5. The first-order chi connectivity index (χ1) is 24.1. The third kappa shape index (κ3) is 5.63. The van der Waals surface area contributed by atoms with Crippen LogP contribution in [-0.4, -0.2) is 4.98 Å². The summed E-state index contributed by atoms with van der Waals surface area (Å²) in [7, 11) is 0. The highest BCUT2D eigenvalue weighted by atomic mass is 16.3. The molecule has 49 heavy (non-hydrogen) atoms. The molecule has 1 heterocycles. The SMILES string of the molecule is N#Cc1ccc(-c2ccc(-c3cc(-c4ccccc4)c4nc(-c5ccc(C6=CCC(C#N)(c7ccccc7)C=C6)cc5)oc4c3)cc2)cc1. The van der Waals surface area contributed by atoms with E-state index in [1.54, 1.807) is 0 Å². The molecular weight excluding hydrogens is 599 g/mol. The van der Waals surface area contributed by atoms with E-state index in [0.29, 0.717) is 17.9 Å². The van der Waals surface area contributed by atoms with Crippen molar-refractivity contribution in [2.75, 3.05) is 0 Å². The Morgan fingerprint density at radius 1 is 0.592 bits per heavy atom. The van der Waals surface area contributed by atoms with E-state index in [9.17, 15) is 5.26 Å². The summed E-state index contributed by atoms with van der Waals surface area (Å²) < 4.78 is 6.47. The number of oxazole rings is 1. The first-order valence-corrected chi connectivity index (χ1v) is 16.2. The lowest BCUT2D eigenvalue weighted by molar-refractivity contribution is 0.620. The van der Waals surface area contributed by atoms with Crippen LogP contribution in [0.2, 0.25) is 0 Å². The van der Waals surface area contributed by atoms with Crippen molar-refractivity contribution in [1.29, 1.82) is 10.5 Å². The molecule has 230 valence electrons. The van der Waals surface area contributed by atoms with Crippen LogP contribution in [0.4, 0.5) is 0 Å². The maximum absolute atomic E-state index is 10.1. The molecule has 0 saturated heterocycles. The maximum atomic E-state index is 10.1. The molecule has 8 rings (SSSR count). The fourth-order valence-corrected chi connectivity index (χ4v) is 6.51. The molecule has 1 atom stereocenters. The van der Waals surface area contributed by atoms with Crippen LogP contribution in [0.25, 0.3) is 61.5 Å². The molecule has 0 bridgehead atoms. The smallest absolute Gasteiger partial charge is 0.227 e. The molecule has 7 aromatic rings. The number of nitriles is 2. The van der Waals surface area contributed by atoms with E-state index >= 15 is 0 Å². The summed E-state index contributed by atoms with van der Waals surface area (Å²) >= 11 is 0. The second-order valence-corrected chi connectivity index (χ2v) is 12.2. The number of benzene rings is 6. The minimum atomic E-state index is -0.648. The van der Waals surface area contributed by atoms with E-state index in [2.05, 4.69) is 85.0 Å². The second-order valence-electron chi connectivity index (χ2n) is 12.2. The third-order valence-corrected chi connectivity index (χ3v) is 9.29. The molecule has 0 fully saturated rings. The summed E-state index contributed by atoms with van der Waals surface area (Å²) in [6, 6.07) is 53.6. The van der Waals surface area contributed by atoms with E-state index in [4.69, 9.17) is 14.7 Å². The van der Waals surface area contributed by atoms with Gasteiger partial charge in [-0.3, -0.25) is 0 Å². The number of aromatic nitrogens is 1. The zero-order valence-electron chi connectivity index (χ0n) is 26.5. The molecule has 0 spiro atoms. The summed E-state index contributed by atoms with van der Waals surface area (Å²) in [6.45, 7) is 0. The van der Waals surface area contributed by atoms with Crippen LogP contribution >= 0.6 is 0 Å². The van der Waals surface area contributed by atoms with E-state index < -0.39 is 5.41 Å². The zero-order chi connectivity index (χ0) is 33.2. The van der Waals surface area contributed by atoms with Gasteiger partial charge in [-0.05, 0) is 87.3 Å². The van der Waals surface area contributed by atoms with E-state index in [1.807, 2.05) is 91.0 Å². The average Bonchev–Trinajstić information content (AvgIpc) is 3.63. The summed E-state index contributed by atoms with van der Waals surface area (Å²) in [4.78, 5) is 5.01. The van der Waals surface area contributed by atoms with Crippen molar-refractivity contribution in [3.63, 3.8) is 0 Å². The molecule has 4 heteroatoms. The van der Waals surface area contributed by atoms with Crippen LogP contribution in [-0.2, 0) is 5.41 Å². The predicted octanol–water partition coefficient (Wildman–Crippen LogP) is 11.2. The minimum absolute atomic E-state index is 0.563. The molecule has 1 unspecified atom stereocenters. The Morgan fingerprint density at radius 2 is 1.18 bits per heavy atom. The van der Waals surface area contributed by atoms with Gasteiger partial charge in [0.1, 0.15) is 10.9 Å². The van der Waals surface area contributed by atoms with Crippen LogP contribution < -0.4 is 0 Å². The third-order valence-electron chi connectivity index (χ3n) is 9.29. The molecule has 0 N–H and O–H groups in total. The summed E-state index contributed by atoms with van der Waals surface area (Å²) in [5.74, 6) is 0.563. The van der Waals surface area contributed by atoms with Gasteiger partial charge in [-0.25, -0.2) is 4.98 Å². The Hall–Kier alpha value is -6.75. The van der Waals surface area contributed by atoms with E-state index in [-0.39, 0.29) is 0 Å². The number of allylic oxidation sites excluding steroid dienone is 4. The minimum Gasteiger partial charge on any atom is -0.436 e. The van der Waals surface area contributed by atoms with Crippen molar-refractivity contribution in [3.8, 4) is 57.0 Å². The Balaban J connectivity index is 1.11. The van der Waals surface area contributed by atoms with Crippen molar-refractivity contribution in [1.82, 2.24) is 4.98 Å². The van der Waals surface area contributed by atoms with Gasteiger partial charge < -0.3 is 4.42 Å². The molecule has 1 aliphatic rings. The first-order valence-electron chi connectivity index (χ1n) is 16.2. The van der Waals surface area contributed by atoms with Gasteiger partial charge in [-0.1, -0.05) is 127 Å². The highest BCUT2D eigenvalue weighted by Gasteiger charge is 2.30. The lowest BCUT2D eigenvalue weighted by Gasteiger charge is -2.25. The fraction of sp³-hybridized carbons (Fsp3) is 0.0444. The first kappa shape index (κ1) is 29.6. The molecular formula is C45H29N3O. The number of rotatable bonds is 6. The fourth-order valence-electron chi connectivity index (χ4n) is 6.51. The van der Waals surface area contributed by atoms with Crippen LogP contribution in [0.15, 0.2) is 168 Å². The summed E-state index contributed by atoms with van der Waals surface area (Å²) in [5, 5.41) is 19.2. The van der Waals surface area contributed by atoms with Crippen molar-refractivity contribution < 1.29 is 4.42 Å². The zero-order valence-corrected chi connectivity index (χ0v) is 26.5. The van der Waals surface area contributed by atoms with Gasteiger partial charge in [0, 0.05) is 11.1 Å². The predicted molar refractivity (Wildman–Crippen MR) is 196 cm³/mol. The van der Waals surface area contributed by atoms with Crippen LogP contribution in [0.3, 0.4) is 0 Å². The van der Waals surface area contributed by atoms with Gasteiger partial charge >= 0.3 is 0 Å². The highest BCUT2D eigenvalue weighted by molar-refractivity contribution is 5.96.